The van der Waals surface area contributed by atoms with Crippen LogP contribution in [-0.4, -0.2) is 32.0 Å². The molecule has 0 aliphatic rings. The Hall–Kier alpha value is -1.72. The van der Waals surface area contributed by atoms with Crippen LogP contribution in [0.4, 0.5) is 0 Å². The van der Waals surface area contributed by atoms with Gasteiger partial charge in [-0.1, -0.05) is 6.07 Å². The molecule has 5 heteroatoms. The summed E-state index contributed by atoms with van der Waals surface area (Å²) in [6.07, 6.45) is 3.06. The molecular formula is C15H22N4O. The maximum Gasteiger partial charge on any atom is 0.108 e. The highest BCUT2D eigenvalue weighted by molar-refractivity contribution is 5.56. The molecule has 0 aliphatic carbocycles. The topological polar surface area (TPSA) is 63.0 Å². The third-order valence-corrected chi connectivity index (χ3v) is 2.94. The summed E-state index contributed by atoms with van der Waals surface area (Å²) in [5.41, 5.74) is 2.42. The molecule has 2 N–H and O–H groups in total. The zero-order chi connectivity index (χ0) is 14.8. The van der Waals surface area contributed by atoms with Crippen molar-refractivity contribution in [3.63, 3.8) is 0 Å². The number of nitrogens with one attached hydrogen (secondary N) is 1. The molecule has 0 radical (unpaired) electrons. The molecule has 0 amide bonds. The van der Waals surface area contributed by atoms with Gasteiger partial charge in [0.2, 0.25) is 0 Å². The average Bonchev–Trinajstić information content (AvgIpc) is 2.82. The maximum atomic E-state index is 10.2. The van der Waals surface area contributed by atoms with E-state index in [1.165, 1.54) is 0 Å². The van der Waals surface area contributed by atoms with E-state index in [4.69, 9.17) is 0 Å². The summed E-state index contributed by atoms with van der Waals surface area (Å²) in [5, 5.41) is 17.6. The maximum absolute atomic E-state index is 10.2. The molecule has 0 saturated heterocycles. The number of β-amino-alcohol motifs (C(OH)–C–C–N with tert-alkyl or cyclic N) is 1. The summed E-state index contributed by atoms with van der Waals surface area (Å²) in [6.45, 7) is 6.69. The van der Waals surface area contributed by atoms with E-state index >= 15 is 0 Å². The average molecular weight is 274 g/mol. The lowest BCUT2D eigenvalue weighted by Crippen LogP contribution is -2.38. The van der Waals surface area contributed by atoms with Crippen molar-refractivity contribution in [3.05, 3.63) is 36.3 Å². The Balaban J connectivity index is 2.13. The van der Waals surface area contributed by atoms with Crippen LogP contribution in [0.15, 0.2) is 30.6 Å². The summed E-state index contributed by atoms with van der Waals surface area (Å²) >= 11 is 0. The minimum Gasteiger partial charge on any atom is -0.385 e. The van der Waals surface area contributed by atoms with Crippen LogP contribution in [0.25, 0.3) is 11.3 Å². The quantitative estimate of drug-likeness (QED) is 0.894. The first-order valence-electron chi connectivity index (χ1n) is 6.74. The van der Waals surface area contributed by atoms with Gasteiger partial charge < -0.3 is 10.4 Å². The Kier molecular flexibility index (Phi) is 4.20. The van der Waals surface area contributed by atoms with E-state index < -0.39 is 6.10 Å². The van der Waals surface area contributed by atoms with Gasteiger partial charge in [-0.25, -0.2) is 4.98 Å². The van der Waals surface area contributed by atoms with Crippen molar-refractivity contribution in [2.45, 2.75) is 32.4 Å². The molecular weight excluding hydrogens is 252 g/mol. The van der Waals surface area contributed by atoms with Gasteiger partial charge in [0.25, 0.3) is 0 Å². The van der Waals surface area contributed by atoms with Gasteiger partial charge >= 0.3 is 0 Å². The first-order chi connectivity index (χ1) is 9.35. The van der Waals surface area contributed by atoms with Crippen LogP contribution in [0, 0.1) is 0 Å². The summed E-state index contributed by atoms with van der Waals surface area (Å²) in [5.74, 6) is 0. The summed E-state index contributed by atoms with van der Waals surface area (Å²) in [6, 6.07) is 5.67. The minimum atomic E-state index is -0.620. The molecule has 20 heavy (non-hydrogen) atoms. The van der Waals surface area contributed by atoms with Gasteiger partial charge in [0, 0.05) is 30.9 Å². The van der Waals surface area contributed by atoms with Crippen LogP contribution in [0.2, 0.25) is 0 Å². The van der Waals surface area contributed by atoms with Crippen molar-refractivity contribution in [2.75, 3.05) is 6.54 Å². The fraction of sp³-hybridized carbons (Fsp3) is 0.467. The highest BCUT2D eigenvalue weighted by Crippen LogP contribution is 2.19. The molecule has 2 aromatic rings. The minimum absolute atomic E-state index is 0.0259. The molecule has 2 rings (SSSR count). The monoisotopic (exact) mass is 274 g/mol. The number of aromatic nitrogens is 3. The van der Waals surface area contributed by atoms with Crippen LogP contribution in [0.5, 0.6) is 0 Å². The predicted octanol–water partition coefficient (Wildman–Crippen LogP) is 1.90. The number of aliphatic hydroxyl groups excluding tert-OH is 1. The van der Waals surface area contributed by atoms with Crippen LogP contribution in [0.3, 0.4) is 0 Å². The SMILES string of the molecule is Cn1cc(-c2cccc([C@H](O)CNC(C)(C)C)n2)cn1. The largest absolute Gasteiger partial charge is 0.385 e. The highest BCUT2D eigenvalue weighted by Gasteiger charge is 2.15. The van der Waals surface area contributed by atoms with E-state index in [2.05, 4.69) is 36.2 Å². The summed E-state index contributed by atoms with van der Waals surface area (Å²) in [7, 11) is 1.87. The first-order valence-corrected chi connectivity index (χ1v) is 6.74. The molecule has 0 unspecified atom stereocenters. The van der Waals surface area contributed by atoms with Gasteiger partial charge in [0.05, 0.1) is 17.6 Å². The van der Waals surface area contributed by atoms with Crippen molar-refractivity contribution >= 4 is 0 Å². The molecule has 0 fully saturated rings. The number of pyridine rings is 1. The van der Waals surface area contributed by atoms with Gasteiger partial charge in [0.1, 0.15) is 6.10 Å². The number of aryl methyl sites for hydroxylation is 1. The second kappa shape index (κ2) is 5.73. The zero-order valence-electron chi connectivity index (χ0n) is 12.5. The van der Waals surface area contributed by atoms with Gasteiger partial charge in [-0.2, -0.15) is 5.10 Å². The van der Waals surface area contributed by atoms with E-state index in [0.29, 0.717) is 12.2 Å². The lowest BCUT2D eigenvalue weighted by Gasteiger charge is -2.22. The number of hydrogen-bond donors (Lipinski definition) is 2. The second-order valence-electron chi connectivity index (χ2n) is 6.00. The molecule has 1 atom stereocenters. The fourth-order valence-corrected chi connectivity index (χ4v) is 1.86. The first kappa shape index (κ1) is 14.7. The van der Waals surface area contributed by atoms with Crippen LogP contribution in [0.1, 0.15) is 32.6 Å². The fourth-order valence-electron chi connectivity index (χ4n) is 1.86. The molecule has 2 aromatic heterocycles. The Morgan fingerprint density at radius 3 is 2.70 bits per heavy atom. The third kappa shape index (κ3) is 3.88. The molecule has 0 spiro atoms. The van der Waals surface area contributed by atoms with Crippen molar-refractivity contribution in [1.29, 1.82) is 0 Å². The van der Waals surface area contributed by atoms with E-state index in [1.807, 2.05) is 31.4 Å². The van der Waals surface area contributed by atoms with Crippen LogP contribution < -0.4 is 5.32 Å². The number of rotatable bonds is 4. The molecule has 0 aromatic carbocycles. The molecule has 108 valence electrons. The van der Waals surface area contributed by atoms with Gasteiger partial charge in [0.15, 0.2) is 0 Å². The lowest BCUT2D eigenvalue weighted by atomic mass is 10.1. The Labute approximate surface area is 119 Å². The zero-order valence-corrected chi connectivity index (χ0v) is 12.5. The molecule has 2 heterocycles. The normalized spacial score (nSPS) is 13.4. The van der Waals surface area contributed by atoms with Crippen molar-refractivity contribution in [3.8, 4) is 11.3 Å². The number of aliphatic hydroxyl groups is 1. The Morgan fingerprint density at radius 1 is 1.35 bits per heavy atom. The standard InChI is InChI=1S/C15H22N4O/c1-15(2,3)16-9-14(20)13-7-5-6-12(18-13)11-8-17-19(4)10-11/h5-8,10,14,16,20H,9H2,1-4H3/t14-/m1/s1. The van der Waals surface area contributed by atoms with E-state index in [-0.39, 0.29) is 5.54 Å². The summed E-state index contributed by atoms with van der Waals surface area (Å²) < 4.78 is 1.74. The molecule has 0 saturated carbocycles. The smallest absolute Gasteiger partial charge is 0.108 e. The Bertz CT molecular complexity index is 571. The molecule has 0 bridgehead atoms. The second-order valence-corrected chi connectivity index (χ2v) is 6.00. The van der Waals surface area contributed by atoms with Crippen LogP contribution >= 0.6 is 0 Å². The summed E-state index contributed by atoms with van der Waals surface area (Å²) in [4.78, 5) is 4.51. The van der Waals surface area contributed by atoms with Gasteiger partial charge in [-0.3, -0.25) is 4.68 Å². The van der Waals surface area contributed by atoms with Gasteiger partial charge in [-0.05, 0) is 32.9 Å². The molecule has 0 aliphatic heterocycles. The van der Waals surface area contributed by atoms with Crippen molar-refractivity contribution < 1.29 is 5.11 Å². The van der Waals surface area contributed by atoms with E-state index in [1.54, 1.807) is 10.9 Å². The Morgan fingerprint density at radius 2 is 2.10 bits per heavy atom. The number of nitrogens with zero attached hydrogens (tertiary/aromatic N) is 3. The van der Waals surface area contributed by atoms with Crippen molar-refractivity contribution in [1.82, 2.24) is 20.1 Å². The van der Waals surface area contributed by atoms with Crippen molar-refractivity contribution in [2.24, 2.45) is 7.05 Å². The van der Waals surface area contributed by atoms with Crippen LogP contribution in [-0.2, 0) is 7.05 Å². The predicted molar refractivity (Wildman–Crippen MR) is 79.2 cm³/mol. The van der Waals surface area contributed by atoms with E-state index in [9.17, 15) is 5.11 Å². The number of hydrogen-bond acceptors (Lipinski definition) is 4. The lowest BCUT2D eigenvalue weighted by molar-refractivity contribution is 0.159. The molecule has 5 nitrogen and oxygen atoms in total. The third-order valence-electron chi connectivity index (χ3n) is 2.94. The van der Waals surface area contributed by atoms with Gasteiger partial charge in [-0.15, -0.1) is 0 Å². The highest BCUT2D eigenvalue weighted by atomic mass is 16.3. The van der Waals surface area contributed by atoms with E-state index in [0.717, 1.165) is 11.3 Å².